The molecule has 34 heavy (non-hydrogen) atoms. The number of hydrogen-bond acceptors (Lipinski definition) is 3. The summed E-state index contributed by atoms with van der Waals surface area (Å²) in [6, 6.07) is 30.3. The molecule has 0 saturated carbocycles. The lowest BCUT2D eigenvalue weighted by atomic mass is 9.98. The van der Waals surface area contributed by atoms with Gasteiger partial charge in [0.15, 0.2) is 0 Å². The molecule has 4 rings (SSSR count). The third-order valence-corrected chi connectivity index (χ3v) is 5.92. The summed E-state index contributed by atoms with van der Waals surface area (Å²) in [7, 11) is 5.76. The van der Waals surface area contributed by atoms with Crippen LogP contribution in [0, 0.1) is 0 Å². The molecule has 1 atom stereocenters. The number of hydrogen-bond donors (Lipinski definition) is 1. The van der Waals surface area contributed by atoms with E-state index in [1.165, 1.54) is 10.8 Å². The molecule has 0 spiro atoms. The molecule has 0 heterocycles. The number of ether oxygens (including phenoxy) is 1. The quantitative estimate of drug-likeness (QED) is 0.323. The van der Waals surface area contributed by atoms with Gasteiger partial charge in [0, 0.05) is 5.56 Å². The minimum Gasteiger partial charge on any atom is -0.497 e. The van der Waals surface area contributed by atoms with Crippen molar-refractivity contribution in [3.63, 3.8) is 0 Å². The van der Waals surface area contributed by atoms with Crippen LogP contribution < -0.4 is 10.1 Å². The van der Waals surface area contributed by atoms with Gasteiger partial charge in [-0.1, -0.05) is 60.7 Å². The van der Waals surface area contributed by atoms with Crippen LogP contribution in [0.25, 0.3) is 21.9 Å². The third kappa shape index (κ3) is 6.16. The fourth-order valence-electron chi connectivity index (χ4n) is 3.97. The van der Waals surface area contributed by atoms with Crippen molar-refractivity contribution in [1.29, 1.82) is 0 Å². The van der Waals surface area contributed by atoms with Gasteiger partial charge in [0.1, 0.15) is 5.75 Å². The number of carbonyl (C=O) groups is 1. The average molecular weight is 475 g/mol. The minimum absolute atomic E-state index is 0. The number of halogens is 1. The van der Waals surface area contributed by atoms with Crippen LogP contribution in [0.5, 0.6) is 5.75 Å². The van der Waals surface area contributed by atoms with E-state index in [9.17, 15) is 4.79 Å². The van der Waals surface area contributed by atoms with E-state index < -0.39 is 0 Å². The van der Waals surface area contributed by atoms with Crippen molar-refractivity contribution in [1.82, 2.24) is 10.2 Å². The Kier molecular flexibility index (Phi) is 8.69. The van der Waals surface area contributed by atoms with Gasteiger partial charge in [-0.2, -0.15) is 0 Å². The van der Waals surface area contributed by atoms with Gasteiger partial charge in [-0.05, 0) is 84.9 Å². The predicted octanol–water partition coefficient (Wildman–Crippen LogP) is 6.36. The zero-order valence-corrected chi connectivity index (χ0v) is 20.6. The number of benzene rings is 4. The lowest BCUT2D eigenvalue weighted by Crippen LogP contribution is -2.31. The van der Waals surface area contributed by atoms with E-state index in [4.69, 9.17) is 4.74 Å². The second-order valence-electron chi connectivity index (χ2n) is 8.53. The standard InChI is InChI=1S/C29H30N2O2.ClH/c1-31(2)19-18-28(26-13-10-21-6-4-5-7-25(21)20-26)30-29(32)24-11-8-22(9-12-24)23-14-16-27(33-3)17-15-23;/h4-17,20,28H,18-19H2,1-3H3,(H,30,32);1H. The van der Waals surface area contributed by atoms with Gasteiger partial charge in [-0.25, -0.2) is 0 Å². The first kappa shape index (κ1) is 25.3. The molecule has 1 N–H and O–H groups in total. The molecule has 176 valence electrons. The van der Waals surface area contributed by atoms with Crippen molar-refractivity contribution < 1.29 is 9.53 Å². The summed E-state index contributed by atoms with van der Waals surface area (Å²) in [5, 5.41) is 5.65. The van der Waals surface area contributed by atoms with Gasteiger partial charge < -0.3 is 15.0 Å². The maximum absolute atomic E-state index is 13.1. The van der Waals surface area contributed by atoms with Gasteiger partial charge in [0.2, 0.25) is 0 Å². The van der Waals surface area contributed by atoms with E-state index in [1.807, 2.05) is 60.7 Å². The van der Waals surface area contributed by atoms with E-state index in [-0.39, 0.29) is 24.4 Å². The molecule has 0 aromatic heterocycles. The van der Waals surface area contributed by atoms with Crippen LogP contribution in [0.4, 0.5) is 0 Å². The molecule has 0 bridgehead atoms. The summed E-state index contributed by atoms with van der Waals surface area (Å²) in [6.07, 6.45) is 0.834. The van der Waals surface area contributed by atoms with Gasteiger partial charge in [-0.3, -0.25) is 4.79 Å². The highest BCUT2D eigenvalue weighted by Gasteiger charge is 2.17. The van der Waals surface area contributed by atoms with E-state index in [1.54, 1.807) is 7.11 Å². The Hall–Kier alpha value is -3.34. The lowest BCUT2D eigenvalue weighted by Gasteiger charge is -2.22. The normalized spacial score (nSPS) is 11.6. The maximum atomic E-state index is 13.1. The van der Waals surface area contributed by atoms with Crippen molar-refractivity contribution in [2.75, 3.05) is 27.7 Å². The average Bonchev–Trinajstić information content (AvgIpc) is 2.86. The SMILES string of the molecule is COc1ccc(-c2ccc(C(=O)NC(CCN(C)C)c3ccc4ccccc4c3)cc2)cc1.Cl. The summed E-state index contributed by atoms with van der Waals surface area (Å²) in [4.78, 5) is 15.3. The van der Waals surface area contributed by atoms with Crippen molar-refractivity contribution in [3.8, 4) is 16.9 Å². The van der Waals surface area contributed by atoms with Crippen LogP contribution in [0.2, 0.25) is 0 Å². The molecule has 0 saturated heterocycles. The Morgan fingerprint density at radius 2 is 1.47 bits per heavy atom. The molecule has 4 aromatic rings. The first-order valence-electron chi connectivity index (χ1n) is 11.2. The Morgan fingerprint density at radius 3 is 2.09 bits per heavy atom. The number of amides is 1. The molecular formula is C29H31ClN2O2. The predicted molar refractivity (Wildman–Crippen MR) is 143 cm³/mol. The second-order valence-corrected chi connectivity index (χ2v) is 8.53. The zero-order valence-electron chi connectivity index (χ0n) is 19.8. The largest absolute Gasteiger partial charge is 0.497 e. The summed E-state index contributed by atoms with van der Waals surface area (Å²) in [5.74, 6) is 0.764. The van der Waals surface area contributed by atoms with E-state index in [2.05, 4.69) is 54.6 Å². The maximum Gasteiger partial charge on any atom is 0.251 e. The van der Waals surface area contributed by atoms with Crippen LogP contribution >= 0.6 is 12.4 Å². The number of nitrogens with zero attached hydrogens (tertiary/aromatic N) is 1. The molecule has 0 aliphatic carbocycles. The van der Waals surface area contributed by atoms with E-state index in [0.717, 1.165) is 35.4 Å². The molecular weight excluding hydrogens is 444 g/mol. The van der Waals surface area contributed by atoms with Gasteiger partial charge in [-0.15, -0.1) is 12.4 Å². The Labute approximate surface area is 208 Å². The summed E-state index contributed by atoms with van der Waals surface area (Å²) < 4.78 is 5.23. The van der Waals surface area contributed by atoms with Crippen LogP contribution in [0.3, 0.4) is 0 Å². The number of methoxy groups -OCH3 is 1. The van der Waals surface area contributed by atoms with Crippen molar-refractivity contribution in [2.24, 2.45) is 0 Å². The van der Waals surface area contributed by atoms with E-state index >= 15 is 0 Å². The van der Waals surface area contributed by atoms with E-state index in [0.29, 0.717) is 5.56 Å². The van der Waals surface area contributed by atoms with Crippen LogP contribution in [-0.2, 0) is 0 Å². The summed E-state index contributed by atoms with van der Waals surface area (Å²) in [5.41, 5.74) is 3.93. The second kappa shape index (κ2) is 11.7. The molecule has 4 aromatic carbocycles. The molecule has 0 fully saturated rings. The lowest BCUT2D eigenvalue weighted by molar-refractivity contribution is 0.0932. The van der Waals surface area contributed by atoms with Crippen LogP contribution in [-0.4, -0.2) is 38.6 Å². The molecule has 0 aliphatic heterocycles. The molecule has 1 amide bonds. The topological polar surface area (TPSA) is 41.6 Å². The monoisotopic (exact) mass is 474 g/mol. The van der Waals surface area contributed by atoms with Crippen molar-refractivity contribution in [2.45, 2.75) is 12.5 Å². The number of rotatable bonds is 8. The fraction of sp³-hybridized carbons (Fsp3) is 0.207. The number of carbonyl (C=O) groups excluding carboxylic acids is 1. The van der Waals surface area contributed by atoms with Crippen LogP contribution in [0.15, 0.2) is 91.0 Å². The first-order valence-corrected chi connectivity index (χ1v) is 11.2. The molecule has 0 aliphatic rings. The molecule has 5 heteroatoms. The zero-order chi connectivity index (χ0) is 23.2. The Balaban J connectivity index is 0.00000324. The fourth-order valence-corrected chi connectivity index (χ4v) is 3.97. The highest BCUT2D eigenvalue weighted by atomic mass is 35.5. The highest BCUT2D eigenvalue weighted by molar-refractivity contribution is 5.95. The summed E-state index contributed by atoms with van der Waals surface area (Å²) >= 11 is 0. The smallest absolute Gasteiger partial charge is 0.251 e. The number of nitrogens with one attached hydrogen (secondary N) is 1. The molecule has 4 nitrogen and oxygen atoms in total. The van der Waals surface area contributed by atoms with Crippen molar-refractivity contribution in [3.05, 3.63) is 102 Å². The highest BCUT2D eigenvalue weighted by Crippen LogP contribution is 2.25. The number of fused-ring (bicyclic) bond motifs is 1. The summed E-state index contributed by atoms with van der Waals surface area (Å²) in [6.45, 7) is 0.883. The van der Waals surface area contributed by atoms with Gasteiger partial charge in [0.25, 0.3) is 5.91 Å². The third-order valence-electron chi connectivity index (χ3n) is 5.92. The van der Waals surface area contributed by atoms with Crippen LogP contribution in [0.1, 0.15) is 28.4 Å². The Bertz CT molecular complexity index is 1220. The molecule has 0 radical (unpaired) electrons. The molecule has 1 unspecified atom stereocenters. The van der Waals surface area contributed by atoms with Gasteiger partial charge >= 0.3 is 0 Å². The van der Waals surface area contributed by atoms with Crippen molar-refractivity contribution >= 4 is 29.1 Å². The van der Waals surface area contributed by atoms with Gasteiger partial charge in [0.05, 0.1) is 13.2 Å². The minimum atomic E-state index is -0.0641. The first-order chi connectivity index (χ1) is 16.0. The Morgan fingerprint density at radius 1 is 0.853 bits per heavy atom.